The Hall–Kier alpha value is -0.510. The molecule has 0 saturated carbocycles. The summed E-state index contributed by atoms with van der Waals surface area (Å²) in [6, 6.07) is 4.30. The van der Waals surface area contributed by atoms with Crippen LogP contribution in [0.1, 0.15) is 39.3 Å². The van der Waals surface area contributed by atoms with Crippen molar-refractivity contribution in [3.8, 4) is 0 Å². The molecule has 0 aliphatic carbocycles. The first-order valence-electron chi connectivity index (χ1n) is 7.66. The van der Waals surface area contributed by atoms with Gasteiger partial charge in [-0.1, -0.05) is 11.6 Å². The van der Waals surface area contributed by atoms with Gasteiger partial charge < -0.3 is 4.57 Å². The number of piperidine rings is 1. The van der Waals surface area contributed by atoms with Crippen LogP contribution in [0.25, 0.3) is 0 Å². The molecule has 4 heteroatoms. The lowest BCUT2D eigenvalue weighted by Gasteiger charge is -2.52. The van der Waals surface area contributed by atoms with Crippen molar-refractivity contribution in [2.24, 2.45) is 0 Å². The molecule has 1 aromatic rings. The number of likely N-dealkylation sites (tertiary alicyclic amines) is 1. The van der Waals surface area contributed by atoms with Gasteiger partial charge in [-0.3, -0.25) is 9.80 Å². The normalized spacial score (nSPS) is 24.1. The zero-order valence-electron chi connectivity index (χ0n) is 13.1. The summed E-state index contributed by atoms with van der Waals surface area (Å²) in [5, 5.41) is 0.894. The van der Waals surface area contributed by atoms with Gasteiger partial charge in [-0.15, -0.1) is 0 Å². The van der Waals surface area contributed by atoms with Crippen LogP contribution in [-0.4, -0.2) is 46.6 Å². The Morgan fingerprint density at radius 1 is 1.05 bits per heavy atom. The fraction of sp³-hybridized carbons (Fsp3) is 0.750. The summed E-state index contributed by atoms with van der Waals surface area (Å²) < 4.78 is 2.31. The van der Waals surface area contributed by atoms with Gasteiger partial charge in [0.2, 0.25) is 0 Å². The second-order valence-corrected chi connectivity index (χ2v) is 7.69. The minimum absolute atomic E-state index is 0.188. The fourth-order valence-electron chi connectivity index (χ4n) is 3.92. The molecule has 3 nitrogen and oxygen atoms in total. The summed E-state index contributed by atoms with van der Waals surface area (Å²) in [5.41, 5.74) is 1.88. The van der Waals surface area contributed by atoms with E-state index >= 15 is 0 Å². The summed E-state index contributed by atoms with van der Waals surface area (Å²) in [7, 11) is 2.27. The number of fused-ring (bicyclic) bond motifs is 2. The van der Waals surface area contributed by atoms with Crippen LogP contribution in [0, 0.1) is 0 Å². The van der Waals surface area contributed by atoms with Crippen molar-refractivity contribution in [1.82, 2.24) is 14.4 Å². The van der Waals surface area contributed by atoms with Crippen LogP contribution in [0.4, 0.5) is 0 Å². The molecule has 0 atom stereocenters. The largest absolute Gasteiger partial charge is 0.333 e. The number of aromatic nitrogens is 1. The third kappa shape index (κ3) is 2.11. The van der Waals surface area contributed by atoms with Gasteiger partial charge in [-0.2, -0.15) is 0 Å². The molecule has 2 aliphatic heterocycles. The maximum absolute atomic E-state index is 6.34. The molecule has 1 saturated heterocycles. The van der Waals surface area contributed by atoms with E-state index in [1.807, 2.05) is 0 Å². The van der Waals surface area contributed by atoms with Crippen molar-refractivity contribution in [3.05, 3.63) is 23.0 Å². The van der Waals surface area contributed by atoms with Gasteiger partial charge in [-0.05, 0) is 52.8 Å². The molecule has 0 amide bonds. The third-order valence-electron chi connectivity index (χ3n) is 5.33. The second-order valence-electron chi connectivity index (χ2n) is 7.30. The minimum Gasteiger partial charge on any atom is -0.333 e. The highest BCUT2D eigenvalue weighted by atomic mass is 35.5. The summed E-state index contributed by atoms with van der Waals surface area (Å²) in [6.07, 6.45) is 2.39. The lowest BCUT2D eigenvalue weighted by atomic mass is 9.80. The number of rotatable bonds is 0. The first-order valence-corrected chi connectivity index (χ1v) is 8.04. The van der Waals surface area contributed by atoms with Crippen LogP contribution in [0.2, 0.25) is 5.15 Å². The number of hydrogen-bond acceptors (Lipinski definition) is 2. The lowest BCUT2D eigenvalue weighted by molar-refractivity contribution is -0.0134. The predicted molar refractivity (Wildman–Crippen MR) is 84.3 cm³/mol. The first kappa shape index (κ1) is 14.4. The van der Waals surface area contributed by atoms with Crippen LogP contribution in [0.15, 0.2) is 12.1 Å². The minimum atomic E-state index is 0.188. The summed E-state index contributed by atoms with van der Waals surface area (Å²) in [6.45, 7) is 11.4. The molecular weight excluding hydrogens is 270 g/mol. The Kier molecular flexibility index (Phi) is 3.43. The summed E-state index contributed by atoms with van der Waals surface area (Å²) in [4.78, 5) is 5.16. The average Bonchev–Trinajstić information content (AvgIpc) is 2.76. The van der Waals surface area contributed by atoms with E-state index in [9.17, 15) is 0 Å². The Morgan fingerprint density at radius 3 is 2.30 bits per heavy atom. The van der Waals surface area contributed by atoms with E-state index in [4.69, 9.17) is 11.6 Å². The highest BCUT2D eigenvalue weighted by Gasteiger charge is 2.45. The molecule has 112 valence electrons. The van der Waals surface area contributed by atoms with E-state index in [0.29, 0.717) is 0 Å². The Bertz CT molecular complexity index is 492. The molecule has 20 heavy (non-hydrogen) atoms. The van der Waals surface area contributed by atoms with Crippen LogP contribution >= 0.6 is 11.6 Å². The monoisotopic (exact) mass is 295 g/mol. The highest BCUT2D eigenvalue weighted by molar-refractivity contribution is 6.29. The summed E-state index contributed by atoms with van der Waals surface area (Å²) in [5.74, 6) is 0. The molecule has 0 unspecified atom stereocenters. The zero-order chi connectivity index (χ0) is 14.5. The van der Waals surface area contributed by atoms with Gasteiger partial charge in [0.25, 0.3) is 0 Å². The molecule has 1 aromatic heterocycles. The topological polar surface area (TPSA) is 11.4 Å². The maximum atomic E-state index is 6.34. The number of nitrogens with zero attached hydrogens (tertiary/aromatic N) is 3. The molecule has 3 rings (SSSR count). The van der Waals surface area contributed by atoms with Gasteiger partial charge >= 0.3 is 0 Å². The van der Waals surface area contributed by atoms with Crippen molar-refractivity contribution in [2.75, 3.05) is 26.7 Å². The molecule has 3 heterocycles. The van der Waals surface area contributed by atoms with Crippen molar-refractivity contribution in [3.63, 3.8) is 0 Å². The highest BCUT2D eigenvalue weighted by Crippen LogP contribution is 2.43. The van der Waals surface area contributed by atoms with Crippen molar-refractivity contribution < 1.29 is 0 Å². The Morgan fingerprint density at radius 2 is 1.70 bits per heavy atom. The van der Waals surface area contributed by atoms with Gasteiger partial charge in [0.1, 0.15) is 5.15 Å². The third-order valence-corrected chi connectivity index (χ3v) is 5.66. The van der Waals surface area contributed by atoms with Crippen LogP contribution in [0.3, 0.4) is 0 Å². The predicted octanol–water partition coefficient (Wildman–Crippen LogP) is 3.18. The first-order chi connectivity index (χ1) is 9.34. The number of hydrogen-bond donors (Lipinski definition) is 0. The van der Waals surface area contributed by atoms with Gasteiger partial charge in [0.05, 0.1) is 5.54 Å². The van der Waals surface area contributed by atoms with Crippen molar-refractivity contribution in [2.45, 2.75) is 51.2 Å². The lowest BCUT2D eigenvalue weighted by Crippen LogP contribution is -2.58. The van der Waals surface area contributed by atoms with Gasteiger partial charge in [-0.25, -0.2) is 0 Å². The van der Waals surface area contributed by atoms with E-state index in [2.05, 4.69) is 54.3 Å². The SMILES string of the molecule is CN1CCn2c(Cl)ccc2C12CCN(C(C)(C)C)CC2. The van der Waals surface area contributed by atoms with Crippen LogP contribution in [0.5, 0.6) is 0 Å². The quantitative estimate of drug-likeness (QED) is 0.728. The van der Waals surface area contributed by atoms with E-state index in [1.54, 1.807) is 0 Å². The van der Waals surface area contributed by atoms with Gasteiger partial charge in [0, 0.05) is 37.4 Å². The van der Waals surface area contributed by atoms with E-state index in [0.717, 1.165) is 31.3 Å². The number of halogens is 1. The molecule has 0 aromatic carbocycles. The molecule has 0 radical (unpaired) electrons. The van der Waals surface area contributed by atoms with Crippen LogP contribution in [-0.2, 0) is 12.1 Å². The summed E-state index contributed by atoms with van der Waals surface area (Å²) >= 11 is 6.34. The van der Waals surface area contributed by atoms with E-state index in [1.165, 1.54) is 18.5 Å². The zero-order valence-corrected chi connectivity index (χ0v) is 13.9. The molecule has 0 N–H and O–H groups in total. The van der Waals surface area contributed by atoms with Gasteiger partial charge in [0.15, 0.2) is 0 Å². The molecule has 0 bridgehead atoms. The Balaban J connectivity index is 1.90. The van der Waals surface area contributed by atoms with Crippen molar-refractivity contribution >= 4 is 11.6 Å². The molecule has 1 fully saturated rings. The van der Waals surface area contributed by atoms with Crippen LogP contribution < -0.4 is 0 Å². The molecule has 2 aliphatic rings. The average molecular weight is 296 g/mol. The van der Waals surface area contributed by atoms with E-state index in [-0.39, 0.29) is 11.1 Å². The number of likely N-dealkylation sites (N-methyl/N-ethyl adjacent to an activating group) is 1. The van der Waals surface area contributed by atoms with Crippen molar-refractivity contribution in [1.29, 1.82) is 0 Å². The fourth-order valence-corrected chi connectivity index (χ4v) is 4.16. The van der Waals surface area contributed by atoms with E-state index < -0.39 is 0 Å². The standard InChI is InChI=1S/C16H26ClN3/c1-15(2,3)19-9-7-16(8-10-19)13-5-6-14(17)20(13)12-11-18(16)4/h5-6H,7-12H2,1-4H3. The molecule has 1 spiro atoms. The smallest absolute Gasteiger partial charge is 0.109 e. The Labute approximate surface area is 127 Å². The maximum Gasteiger partial charge on any atom is 0.109 e. The second kappa shape index (κ2) is 4.75. The molecular formula is C16H26ClN3.